The molecule has 1 rings (SSSR count). The van der Waals surface area contributed by atoms with Crippen LogP contribution in [0.3, 0.4) is 0 Å². The van der Waals surface area contributed by atoms with Gasteiger partial charge in [0, 0.05) is 6.04 Å². The summed E-state index contributed by atoms with van der Waals surface area (Å²) in [6.45, 7) is 5.09. The molecule has 2 N–H and O–H groups in total. The monoisotopic (exact) mass is 307 g/mol. The fourth-order valence-corrected chi connectivity index (χ4v) is 1.90. The Morgan fingerprint density at radius 3 is 2.73 bits per heavy atom. The maximum Gasteiger partial charge on any atom is 0.305 e. The van der Waals surface area contributed by atoms with Gasteiger partial charge < -0.3 is 19.9 Å². The minimum Gasteiger partial charge on any atom is -0.493 e. The molecule has 6 nitrogen and oxygen atoms in total. The maximum atomic E-state index is 11.7. The van der Waals surface area contributed by atoms with Crippen molar-refractivity contribution in [2.45, 2.75) is 25.8 Å². The van der Waals surface area contributed by atoms with Crippen LogP contribution in [0, 0.1) is 0 Å². The first-order valence-electron chi connectivity index (χ1n) is 6.88. The summed E-state index contributed by atoms with van der Waals surface area (Å²) in [6.07, 6.45) is 2.36. The number of ether oxygens (including phenoxy) is 2. The lowest BCUT2D eigenvalue weighted by Gasteiger charge is -2.14. The standard InChI is InChI=1S/C16H21NO5/c1-4-5-12-6-7-13(14(9-12)21-3)22-10-15(18)17-11(2)8-16(19)20/h4,6-7,9,11H,1,5,8,10H2,2-3H3,(H,17,18)(H,19,20). The molecule has 0 fully saturated rings. The van der Waals surface area contributed by atoms with Crippen molar-refractivity contribution < 1.29 is 24.2 Å². The average Bonchev–Trinajstić information content (AvgIpc) is 2.45. The number of aliphatic carboxylic acids is 1. The SMILES string of the molecule is C=CCc1ccc(OCC(=O)NC(C)CC(=O)O)c(OC)c1. The Labute approximate surface area is 129 Å². The number of methoxy groups -OCH3 is 1. The van der Waals surface area contributed by atoms with Gasteiger partial charge in [-0.15, -0.1) is 6.58 Å². The highest BCUT2D eigenvalue weighted by Gasteiger charge is 2.12. The number of carbonyl (C=O) groups excluding carboxylic acids is 1. The first-order valence-corrected chi connectivity index (χ1v) is 6.88. The molecule has 0 aliphatic carbocycles. The van der Waals surface area contributed by atoms with Gasteiger partial charge in [0.05, 0.1) is 13.5 Å². The van der Waals surface area contributed by atoms with Crippen molar-refractivity contribution >= 4 is 11.9 Å². The molecule has 0 aliphatic rings. The van der Waals surface area contributed by atoms with E-state index in [1.54, 1.807) is 19.1 Å². The molecule has 0 saturated heterocycles. The van der Waals surface area contributed by atoms with E-state index in [0.717, 1.165) is 5.56 Å². The van der Waals surface area contributed by atoms with E-state index in [2.05, 4.69) is 11.9 Å². The molecule has 0 aromatic heterocycles. The smallest absolute Gasteiger partial charge is 0.305 e. The van der Waals surface area contributed by atoms with Crippen LogP contribution < -0.4 is 14.8 Å². The number of hydrogen-bond donors (Lipinski definition) is 2. The zero-order valence-electron chi connectivity index (χ0n) is 12.8. The summed E-state index contributed by atoms with van der Waals surface area (Å²) in [5.74, 6) is -0.360. The van der Waals surface area contributed by atoms with Crippen LogP contribution in [-0.4, -0.2) is 36.7 Å². The summed E-state index contributed by atoms with van der Waals surface area (Å²) in [6, 6.07) is 4.96. The van der Waals surface area contributed by atoms with Gasteiger partial charge in [0.15, 0.2) is 18.1 Å². The van der Waals surface area contributed by atoms with Crippen molar-refractivity contribution in [3.8, 4) is 11.5 Å². The van der Waals surface area contributed by atoms with Gasteiger partial charge >= 0.3 is 5.97 Å². The maximum absolute atomic E-state index is 11.7. The van der Waals surface area contributed by atoms with Crippen LogP contribution in [0.1, 0.15) is 18.9 Å². The minimum atomic E-state index is -0.965. The molecule has 1 unspecified atom stereocenters. The quantitative estimate of drug-likeness (QED) is 0.679. The fourth-order valence-electron chi connectivity index (χ4n) is 1.90. The van der Waals surface area contributed by atoms with E-state index in [1.807, 2.05) is 12.1 Å². The molecule has 1 amide bonds. The average molecular weight is 307 g/mol. The Bertz CT molecular complexity index is 541. The van der Waals surface area contributed by atoms with E-state index in [9.17, 15) is 9.59 Å². The van der Waals surface area contributed by atoms with Crippen LogP contribution >= 0.6 is 0 Å². The zero-order valence-corrected chi connectivity index (χ0v) is 12.8. The highest BCUT2D eigenvalue weighted by molar-refractivity contribution is 5.78. The second-order valence-corrected chi connectivity index (χ2v) is 4.83. The van der Waals surface area contributed by atoms with Crippen molar-refractivity contribution in [2.75, 3.05) is 13.7 Å². The van der Waals surface area contributed by atoms with Crippen molar-refractivity contribution in [3.05, 3.63) is 36.4 Å². The van der Waals surface area contributed by atoms with Gasteiger partial charge in [0.2, 0.25) is 0 Å². The lowest BCUT2D eigenvalue weighted by molar-refractivity contribution is -0.137. The Morgan fingerprint density at radius 2 is 2.14 bits per heavy atom. The number of allylic oxidation sites excluding steroid dienone is 1. The second kappa shape index (κ2) is 8.71. The molecule has 0 spiro atoms. The summed E-state index contributed by atoms with van der Waals surface area (Å²) >= 11 is 0. The Morgan fingerprint density at radius 1 is 1.41 bits per heavy atom. The fraction of sp³-hybridized carbons (Fsp3) is 0.375. The third kappa shape index (κ3) is 5.87. The lowest BCUT2D eigenvalue weighted by atomic mass is 10.1. The number of carboxylic acids is 1. The van der Waals surface area contributed by atoms with E-state index in [4.69, 9.17) is 14.6 Å². The van der Waals surface area contributed by atoms with E-state index < -0.39 is 12.0 Å². The molecule has 1 atom stereocenters. The third-order valence-corrected chi connectivity index (χ3v) is 2.86. The molecule has 0 heterocycles. The molecule has 6 heteroatoms. The van der Waals surface area contributed by atoms with Crippen molar-refractivity contribution in [2.24, 2.45) is 0 Å². The molecule has 1 aromatic rings. The Hall–Kier alpha value is -2.50. The van der Waals surface area contributed by atoms with E-state index >= 15 is 0 Å². The van der Waals surface area contributed by atoms with E-state index in [0.29, 0.717) is 17.9 Å². The van der Waals surface area contributed by atoms with Gasteiger partial charge in [-0.2, -0.15) is 0 Å². The normalized spacial score (nSPS) is 11.4. The second-order valence-electron chi connectivity index (χ2n) is 4.83. The minimum absolute atomic E-state index is 0.134. The molecule has 0 bridgehead atoms. The van der Waals surface area contributed by atoms with Crippen LogP contribution in [0.5, 0.6) is 11.5 Å². The van der Waals surface area contributed by atoms with Crippen LogP contribution in [0.4, 0.5) is 0 Å². The van der Waals surface area contributed by atoms with Crippen LogP contribution in [0.2, 0.25) is 0 Å². The predicted molar refractivity (Wildman–Crippen MR) is 82.2 cm³/mol. The first kappa shape index (κ1) is 17.6. The molecule has 22 heavy (non-hydrogen) atoms. The third-order valence-electron chi connectivity index (χ3n) is 2.86. The van der Waals surface area contributed by atoms with Crippen LogP contribution in [-0.2, 0) is 16.0 Å². The molecule has 1 aromatic carbocycles. The summed E-state index contributed by atoms with van der Waals surface area (Å²) < 4.78 is 10.6. The summed E-state index contributed by atoms with van der Waals surface area (Å²) in [7, 11) is 1.52. The highest BCUT2D eigenvalue weighted by atomic mass is 16.5. The number of benzene rings is 1. The number of carboxylic acid groups (broad SMARTS) is 1. The van der Waals surface area contributed by atoms with Crippen LogP contribution in [0.15, 0.2) is 30.9 Å². The Kier molecular flexibility index (Phi) is 6.95. The number of rotatable bonds is 9. The number of amides is 1. The van der Waals surface area contributed by atoms with Gasteiger partial charge in [-0.1, -0.05) is 12.1 Å². The summed E-state index contributed by atoms with van der Waals surface area (Å²) in [5, 5.41) is 11.2. The van der Waals surface area contributed by atoms with Crippen molar-refractivity contribution in [1.29, 1.82) is 0 Å². The predicted octanol–water partition coefficient (Wildman–Crippen LogP) is 1.78. The van der Waals surface area contributed by atoms with E-state index in [1.165, 1.54) is 7.11 Å². The van der Waals surface area contributed by atoms with Crippen molar-refractivity contribution in [3.63, 3.8) is 0 Å². The lowest BCUT2D eigenvalue weighted by Crippen LogP contribution is -2.37. The summed E-state index contributed by atoms with van der Waals surface area (Å²) in [5.41, 5.74) is 1.03. The molecular formula is C16H21NO5. The molecular weight excluding hydrogens is 286 g/mol. The molecule has 0 aliphatic heterocycles. The number of carbonyl (C=O) groups is 2. The molecule has 0 saturated carbocycles. The van der Waals surface area contributed by atoms with Crippen molar-refractivity contribution in [1.82, 2.24) is 5.32 Å². The summed E-state index contributed by atoms with van der Waals surface area (Å²) in [4.78, 5) is 22.2. The first-order chi connectivity index (χ1) is 10.5. The number of hydrogen-bond acceptors (Lipinski definition) is 4. The van der Waals surface area contributed by atoms with Gasteiger partial charge in [0.1, 0.15) is 0 Å². The highest BCUT2D eigenvalue weighted by Crippen LogP contribution is 2.28. The van der Waals surface area contributed by atoms with Crippen LogP contribution in [0.25, 0.3) is 0 Å². The number of nitrogens with one attached hydrogen (secondary N) is 1. The van der Waals surface area contributed by atoms with Gasteiger partial charge in [0.25, 0.3) is 5.91 Å². The molecule has 0 radical (unpaired) electrons. The van der Waals surface area contributed by atoms with Gasteiger partial charge in [-0.05, 0) is 31.0 Å². The zero-order chi connectivity index (χ0) is 16.5. The van der Waals surface area contributed by atoms with Gasteiger partial charge in [-0.25, -0.2) is 0 Å². The molecule has 120 valence electrons. The van der Waals surface area contributed by atoms with E-state index in [-0.39, 0.29) is 18.9 Å². The largest absolute Gasteiger partial charge is 0.493 e. The topological polar surface area (TPSA) is 84.9 Å². The van der Waals surface area contributed by atoms with Gasteiger partial charge in [-0.3, -0.25) is 9.59 Å². The Balaban J connectivity index is 2.58.